The minimum atomic E-state index is -0.257. The molecule has 16 bridgehead atoms. The lowest BCUT2D eigenvalue weighted by atomic mass is 9.54. The molecule has 17 aliphatic carbocycles. The maximum Gasteiger partial charge on any atom is 0.333 e. The van der Waals surface area contributed by atoms with E-state index in [0.29, 0.717) is 62.9 Å². The topological polar surface area (TPSA) is 158 Å². The summed E-state index contributed by atoms with van der Waals surface area (Å²) in [6, 6.07) is 0. The van der Waals surface area contributed by atoms with Gasteiger partial charge in [-0.3, -0.25) is 0 Å². The van der Waals surface area contributed by atoms with Crippen LogP contribution in [0, 0.1) is 117 Å². The second kappa shape index (κ2) is 27.2. The molecule has 12 nitrogen and oxygen atoms in total. The molecule has 0 radical (unpaired) electrons. The summed E-state index contributed by atoms with van der Waals surface area (Å²) in [5.74, 6) is 13.6. The summed E-state index contributed by atoms with van der Waals surface area (Å²) in [7, 11) is 0. The molecule has 0 N–H and O–H groups in total. The molecular weight excluding hydrogens is 1140 g/mol. The van der Waals surface area contributed by atoms with Crippen molar-refractivity contribution in [3.05, 3.63) is 73.4 Å². The molecule has 0 aromatic rings. The average Bonchev–Trinajstić information content (AvgIpc) is 1.60. The van der Waals surface area contributed by atoms with E-state index in [1.165, 1.54) is 128 Å². The third-order valence-corrected chi connectivity index (χ3v) is 27.6. The first kappa shape index (κ1) is 67.7. The van der Waals surface area contributed by atoms with Crippen LogP contribution in [0.4, 0.5) is 0 Å². The SMILES string of the molecule is C=C(C)C(=O)OC12CC3CC(CC(C3)C1)C2.C=C(C)C(=O)OC1CC2CC1C1C3CCC(C3)C21.C=C(C)C(=O)OC1CC2CC1C1CCCC21.C=C(C)C(=O)OC1CC2CCC1(C)C2(C)C.C=C(C)C(=O)OC1CC2CCC1C2.C=CC(=O)OC1CC2CCC1C2. The summed E-state index contributed by atoms with van der Waals surface area (Å²) in [6.07, 6.45) is 36.5. The number of carbonyl (C=O) groups is 6. The van der Waals surface area contributed by atoms with Gasteiger partial charge in [0, 0.05) is 39.4 Å². The molecule has 502 valence electrons. The molecule has 0 aliphatic heterocycles. The Labute approximate surface area is 546 Å². The molecule has 0 aromatic carbocycles. The van der Waals surface area contributed by atoms with Crippen LogP contribution in [0.2, 0.25) is 0 Å². The lowest BCUT2D eigenvalue weighted by molar-refractivity contribution is -0.182. The van der Waals surface area contributed by atoms with Crippen molar-refractivity contribution in [3.63, 3.8) is 0 Å². The fraction of sp³-hybridized carbons (Fsp3) is 0.772. The van der Waals surface area contributed by atoms with Crippen LogP contribution in [0.1, 0.15) is 229 Å². The van der Waals surface area contributed by atoms with Gasteiger partial charge >= 0.3 is 35.8 Å². The van der Waals surface area contributed by atoms with Crippen molar-refractivity contribution in [2.75, 3.05) is 0 Å². The number of fused-ring (bicyclic) bond motifs is 20. The van der Waals surface area contributed by atoms with E-state index >= 15 is 0 Å². The summed E-state index contributed by atoms with van der Waals surface area (Å²) in [5, 5.41) is 0. The third kappa shape index (κ3) is 14.0. The molecule has 0 amide bonds. The van der Waals surface area contributed by atoms with Crippen molar-refractivity contribution >= 4 is 35.8 Å². The predicted molar refractivity (Wildman–Crippen MR) is 352 cm³/mol. The molecule has 21 unspecified atom stereocenters. The molecule has 21 atom stereocenters. The number of carbonyl (C=O) groups excluding carboxylic acids is 6. The fourth-order valence-electron chi connectivity index (χ4n) is 23.3. The molecule has 0 saturated heterocycles. The van der Waals surface area contributed by atoms with Gasteiger partial charge in [0.1, 0.15) is 36.1 Å². The Morgan fingerprint density at radius 1 is 0.385 bits per heavy atom. The largest absolute Gasteiger partial charge is 0.459 e. The Morgan fingerprint density at radius 3 is 1.32 bits per heavy atom. The molecule has 17 aliphatic rings. The maximum atomic E-state index is 11.7. The van der Waals surface area contributed by atoms with Crippen molar-refractivity contribution in [2.45, 2.75) is 265 Å². The van der Waals surface area contributed by atoms with E-state index in [1.54, 1.807) is 34.6 Å². The van der Waals surface area contributed by atoms with Gasteiger partial charge in [0.2, 0.25) is 0 Å². The van der Waals surface area contributed by atoms with Gasteiger partial charge in [-0.2, -0.15) is 0 Å². The second-order valence-electron chi connectivity index (χ2n) is 33.8. The summed E-state index contributed by atoms with van der Waals surface area (Å²) < 4.78 is 33.2. The Hall–Kier alpha value is -4.74. The fourth-order valence-corrected chi connectivity index (χ4v) is 23.3. The molecule has 91 heavy (non-hydrogen) atoms. The highest BCUT2D eigenvalue weighted by Gasteiger charge is 2.65. The van der Waals surface area contributed by atoms with Gasteiger partial charge in [-0.05, 0) is 313 Å². The number of esters is 6. The first-order valence-electron chi connectivity index (χ1n) is 36.3. The highest BCUT2D eigenvalue weighted by molar-refractivity contribution is 5.89. The lowest BCUT2D eigenvalue weighted by Crippen LogP contribution is -2.52. The highest BCUT2D eigenvalue weighted by atomic mass is 16.6. The van der Waals surface area contributed by atoms with Gasteiger partial charge in [0.15, 0.2) is 0 Å². The van der Waals surface area contributed by atoms with Crippen LogP contribution in [0.15, 0.2) is 73.4 Å². The van der Waals surface area contributed by atoms with Gasteiger partial charge in [-0.25, -0.2) is 28.8 Å². The molecule has 0 aromatic heterocycles. The average molecular weight is 1260 g/mol. The molecule has 17 rings (SSSR count). The molecule has 0 heterocycles. The highest BCUT2D eigenvalue weighted by Crippen LogP contribution is 2.69. The zero-order valence-electron chi connectivity index (χ0n) is 57.1. The first-order valence-corrected chi connectivity index (χ1v) is 36.3. The monoisotopic (exact) mass is 1250 g/mol. The summed E-state index contributed by atoms with van der Waals surface area (Å²) in [5.41, 5.74) is 2.98. The number of rotatable bonds is 12. The Kier molecular flexibility index (Phi) is 20.2. The Bertz CT molecular complexity index is 2820. The molecule has 0 spiro atoms. The third-order valence-electron chi connectivity index (χ3n) is 27.6. The van der Waals surface area contributed by atoms with Gasteiger partial charge in [-0.15, -0.1) is 0 Å². The molecular formula is C79H114O12. The predicted octanol–water partition coefficient (Wildman–Crippen LogP) is 16.7. The van der Waals surface area contributed by atoms with Crippen LogP contribution >= 0.6 is 0 Å². The van der Waals surface area contributed by atoms with Crippen molar-refractivity contribution in [2.24, 2.45) is 117 Å². The van der Waals surface area contributed by atoms with E-state index in [2.05, 4.69) is 60.2 Å². The Balaban J connectivity index is 0.000000113. The smallest absolute Gasteiger partial charge is 0.333 e. The summed E-state index contributed by atoms with van der Waals surface area (Å²) in [6.45, 7) is 37.2. The maximum absolute atomic E-state index is 11.7. The second-order valence-corrected chi connectivity index (χ2v) is 33.8. The molecule has 17 saturated carbocycles. The van der Waals surface area contributed by atoms with Gasteiger partial charge in [0.25, 0.3) is 0 Å². The quantitative estimate of drug-likeness (QED) is 0.0789. The van der Waals surface area contributed by atoms with Crippen LogP contribution in [-0.4, -0.2) is 71.9 Å². The van der Waals surface area contributed by atoms with Crippen LogP contribution in [0.5, 0.6) is 0 Å². The minimum absolute atomic E-state index is 0.0884. The first-order chi connectivity index (χ1) is 43.1. The molecule has 12 heteroatoms. The minimum Gasteiger partial charge on any atom is -0.459 e. The normalized spacial score (nSPS) is 43.0. The van der Waals surface area contributed by atoms with E-state index in [-0.39, 0.29) is 77.4 Å². The van der Waals surface area contributed by atoms with Crippen molar-refractivity contribution in [3.8, 4) is 0 Å². The zero-order valence-corrected chi connectivity index (χ0v) is 57.1. The van der Waals surface area contributed by atoms with E-state index in [9.17, 15) is 28.8 Å². The Morgan fingerprint density at radius 2 is 0.846 bits per heavy atom. The van der Waals surface area contributed by atoms with E-state index in [0.717, 1.165) is 128 Å². The van der Waals surface area contributed by atoms with Crippen molar-refractivity contribution in [1.82, 2.24) is 0 Å². The number of ether oxygens (including phenoxy) is 6. The van der Waals surface area contributed by atoms with Crippen LogP contribution in [-0.2, 0) is 57.2 Å². The van der Waals surface area contributed by atoms with Crippen LogP contribution in [0.3, 0.4) is 0 Å². The van der Waals surface area contributed by atoms with E-state index < -0.39 is 0 Å². The number of hydrogen-bond donors (Lipinski definition) is 0. The van der Waals surface area contributed by atoms with Gasteiger partial charge in [0.05, 0.1) is 0 Å². The van der Waals surface area contributed by atoms with E-state index in [1.807, 2.05) is 0 Å². The number of hydrogen-bond acceptors (Lipinski definition) is 12. The van der Waals surface area contributed by atoms with E-state index in [4.69, 9.17) is 28.4 Å². The van der Waals surface area contributed by atoms with Crippen molar-refractivity contribution in [1.29, 1.82) is 0 Å². The zero-order chi connectivity index (χ0) is 65.2. The van der Waals surface area contributed by atoms with Crippen LogP contribution in [0.25, 0.3) is 0 Å². The van der Waals surface area contributed by atoms with Crippen LogP contribution < -0.4 is 0 Å². The van der Waals surface area contributed by atoms with Gasteiger partial charge < -0.3 is 28.4 Å². The lowest BCUT2D eigenvalue weighted by Gasteiger charge is -2.55. The molecule has 17 fully saturated rings. The summed E-state index contributed by atoms with van der Waals surface area (Å²) in [4.78, 5) is 68.7. The van der Waals surface area contributed by atoms with Gasteiger partial charge in [-0.1, -0.05) is 66.7 Å². The van der Waals surface area contributed by atoms with Crippen molar-refractivity contribution < 1.29 is 57.2 Å². The standard InChI is InChI=1S/C16H22O2.2C14H20O2.C14H22O2.C11H16O2.C10H14O2/c1-8(2)16(17)18-13-7-11-6-12(13)15-10-4-3-9(5-10)14(11)15;1-9(2)13(15)16-14-6-10-3-11(7-14)5-12(4-10)8-14;1-8(2)14(15)16-13-7-9-6-12(13)11-5-3-4-10(9)11;1-9(2)12(15)16-11-8-10-6-7-14(11,5)13(10,3)4;1-7(2)11(12)13-10-6-8-3-4-9(10)5-8;1-2-10(11)12-9-6-7-3-4-8(9)5-7/h9-15H,1,3-7H2,2H3;10-12H,1,3-8H2,2H3;9-13H,1,3-7H2,2H3;10-11H,1,6-8H2,2-5H3;8-10H,1,3-6H2,2H3;2,7-9H,1,3-6H2. The summed E-state index contributed by atoms with van der Waals surface area (Å²) >= 11 is 0.